The Morgan fingerprint density at radius 3 is 3.11 bits per heavy atom. The molecular weight excluding hydrogens is 266 g/mol. The predicted octanol–water partition coefficient (Wildman–Crippen LogP) is 1.36. The van der Waals surface area contributed by atoms with Gasteiger partial charge in [0.1, 0.15) is 11.1 Å². The van der Waals surface area contributed by atoms with Crippen LogP contribution in [-0.4, -0.2) is 27.7 Å². The number of halogens is 1. The lowest BCUT2D eigenvalue weighted by molar-refractivity contribution is 0.465. The van der Waals surface area contributed by atoms with Crippen LogP contribution in [0.25, 0.3) is 10.9 Å². The maximum Gasteiger partial charge on any atom is 0.266 e. The molecule has 0 aliphatic carbocycles. The van der Waals surface area contributed by atoms with E-state index in [1.807, 2.05) is 0 Å². The summed E-state index contributed by atoms with van der Waals surface area (Å²) in [6.07, 6.45) is 1.02. The molecule has 1 unspecified atom stereocenters. The fourth-order valence-electron chi connectivity index (χ4n) is 2.51. The van der Waals surface area contributed by atoms with Gasteiger partial charge in [-0.3, -0.25) is 9.36 Å². The second kappa shape index (κ2) is 4.83. The number of hydrogen-bond donors (Lipinski definition) is 2. The summed E-state index contributed by atoms with van der Waals surface area (Å²) in [5, 5.41) is 13.5. The van der Waals surface area contributed by atoms with Gasteiger partial charge in [0.25, 0.3) is 5.56 Å². The van der Waals surface area contributed by atoms with Crippen molar-refractivity contribution in [2.75, 3.05) is 13.1 Å². The van der Waals surface area contributed by atoms with Gasteiger partial charge in [-0.2, -0.15) is 0 Å². The van der Waals surface area contributed by atoms with E-state index in [0.29, 0.717) is 18.0 Å². The molecule has 100 valence electrons. The van der Waals surface area contributed by atoms with Crippen molar-refractivity contribution >= 4 is 22.5 Å². The summed E-state index contributed by atoms with van der Waals surface area (Å²) < 4.78 is 1.45. The summed E-state index contributed by atoms with van der Waals surface area (Å²) in [5.41, 5.74) is 0.149. The number of phenolic OH excluding ortho intramolecular Hbond substituents is 1. The number of nitrogens with zero attached hydrogens (tertiary/aromatic N) is 2. The largest absolute Gasteiger partial charge is 0.507 e. The minimum atomic E-state index is -0.278. The lowest BCUT2D eigenvalue weighted by Gasteiger charge is -2.13. The molecule has 1 aliphatic heterocycles. The molecule has 6 heteroatoms. The minimum Gasteiger partial charge on any atom is -0.507 e. The predicted molar refractivity (Wildman–Crippen MR) is 73.7 cm³/mol. The number of hydrogen-bond acceptors (Lipinski definition) is 4. The van der Waals surface area contributed by atoms with E-state index in [4.69, 9.17) is 11.6 Å². The van der Waals surface area contributed by atoms with Crippen LogP contribution in [0.15, 0.2) is 23.0 Å². The number of rotatable bonds is 2. The molecular formula is C13H14ClN3O2. The van der Waals surface area contributed by atoms with Crippen LogP contribution in [0.4, 0.5) is 0 Å². The second-order valence-corrected chi connectivity index (χ2v) is 5.16. The van der Waals surface area contributed by atoms with Crippen molar-refractivity contribution in [3.63, 3.8) is 0 Å². The molecule has 2 aromatic rings. The van der Waals surface area contributed by atoms with E-state index in [1.165, 1.54) is 10.6 Å². The van der Waals surface area contributed by atoms with Crippen LogP contribution in [0, 0.1) is 5.92 Å². The second-order valence-electron chi connectivity index (χ2n) is 4.83. The zero-order chi connectivity index (χ0) is 13.4. The van der Waals surface area contributed by atoms with Crippen LogP contribution in [0.2, 0.25) is 5.28 Å². The third kappa shape index (κ3) is 2.19. The first-order valence-corrected chi connectivity index (χ1v) is 6.63. The van der Waals surface area contributed by atoms with Crippen LogP contribution in [0.3, 0.4) is 0 Å². The Labute approximate surface area is 114 Å². The first-order valence-electron chi connectivity index (χ1n) is 6.25. The highest BCUT2D eigenvalue weighted by molar-refractivity contribution is 6.28. The SMILES string of the molecule is O=c1c2c(O)cccc2nc(Cl)n1CC1CCNC1. The lowest BCUT2D eigenvalue weighted by atomic mass is 10.1. The maximum atomic E-state index is 12.4. The van der Waals surface area contributed by atoms with Crippen molar-refractivity contribution in [3.05, 3.63) is 33.8 Å². The molecule has 5 nitrogen and oxygen atoms in total. The van der Waals surface area contributed by atoms with E-state index in [9.17, 15) is 9.90 Å². The smallest absolute Gasteiger partial charge is 0.266 e. The van der Waals surface area contributed by atoms with Gasteiger partial charge in [0, 0.05) is 6.54 Å². The molecule has 0 spiro atoms. The molecule has 1 fully saturated rings. The van der Waals surface area contributed by atoms with Crippen molar-refractivity contribution in [1.82, 2.24) is 14.9 Å². The van der Waals surface area contributed by atoms with Gasteiger partial charge < -0.3 is 10.4 Å². The van der Waals surface area contributed by atoms with Crippen molar-refractivity contribution in [3.8, 4) is 5.75 Å². The van der Waals surface area contributed by atoms with Crippen LogP contribution in [-0.2, 0) is 6.54 Å². The molecule has 1 aliphatic rings. The fourth-order valence-corrected chi connectivity index (χ4v) is 2.74. The molecule has 1 atom stereocenters. The van der Waals surface area contributed by atoms with Gasteiger partial charge in [0.2, 0.25) is 5.28 Å². The van der Waals surface area contributed by atoms with Gasteiger partial charge in [-0.1, -0.05) is 6.07 Å². The summed E-state index contributed by atoms with van der Waals surface area (Å²) in [4.78, 5) is 16.6. The number of phenols is 1. The molecule has 19 heavy (non-hydrogen) atoms. The highest BCUT2D eigenvalue weighted by Crippen LogP contribution is 2.21. The highest BCUT2D eigenvalue weighted by atomic mass is 35.5. The van der Waals surface area contributed by atoms with E-state index < -0.39 is 0 Å². The average molecular weight is 280 g/mol. The van der Waals surface area contributed by atoms with E-state index in [0.717, 1.165) is 19.5 Å². The van der Waals surface area contributed by atoms with E-state index >= 15 is 0 Å². The molecule has 0 radical (unpaired) electrons. The molecule has 1 saturated heterocycles. The van der Waals surface area contributed by atoms with E-state index in [2.05, 4.69) is 10.3 Å². The summed E-state index contributed by atoms with van der Waals surface area (Å²) in [5.74, 6) is 0.324. The fraction of sp³-hybridized carbons (Fsp3) is 0.385. The number of benzene rings is 1. The molecule has 1 aromatic heterocycles. The molecule has 0 amide bonds. The Bertz CT molecular complexity index is 677. The molecule has 2 heterocycles. The summed E-state index contributed by atoms with van der Waals surface area (Å²) in [7, 11) is 0. The Morgan fingerprint density at radius 2 is 2.37 bits per heavy atom. The first kappa shape index (κ1) is 12.4. The number of aromatic nitrogens is 2. The van der Waals surface area contributed by atoms with Crippen LogP contribution < -0.4 is 10.9 Å². The van der Waals surface area contributed by atoms with Gasteiger partial charge in [-0.05, 0) is 49.2 Å². The van der Waals surface area contributed by atoms with Gasteiger partial charge in [0.05, 0.1) is 5.52 Å². The quantitative estimate of drug-likeness (QED) is 0.815. The van der Waals surface area contributed by atoms with E-state index in [-0.39, 0.29) is 22.0 Å². The average Bonchev–Trinajstić information content (AvgIpc) is 2.87. The summed E-state index contributed by atoms with van der Waals surface area (Å²) in [6, 6.07) is 4.80. The van der Waals surface area contributed by atoms with Crippen molar-refractivity contribution in [1.29, 1.82) is 0 Å². The zero-order valence-corrected chi connectivity index (χ0v) is 11.0. The maximum absolute atomic E-state index is 12.4. The molecule has 0 saturated carbocycles. The molecule has 2 N–H and O–H groups in total. The normalized spacial score (nSPS) is 19.1. The van der Waals surface area contributed by atoms with Gasteiger partial charge >= 0.3 is 0 Å². The highest BCUT2D eigenvalue weighted by Gasteiger charge is 2.19. The van der Waals surface area contributed by atoms with Crippen molar-refractivity contribution < 1.29 is 5.11 Å². The standard InChI is InChI=1S/C13H14ClN3O2/c14-13-16-9-2-1-3-10(18)11(9)12(19)17(13)7-8-4-5-15-6-8/h1-3,8,15,18H,4-7H2. The Hall–Kier alpha value is -1.59. The van der Waals surface area contributed by atoms with Crippen LogP contribution >= 0.6 is 11.6 Å². The molecule has 0 bridgehead atoms. The Morgan fingerprint density at radius 1 is 1.53 bits per heavy atom. The van der Waals surface area contributed by atoms with Crippen molar-refractivity contribution in [2.24, 2.45) is 5.92 Å². The van der Waals surface area contributed by atoms with Gasteiger partial charge in [-0.15, -0.1) is 0 Å². The first-order chi connectivity index (χ1) is 9.16. The topological polar surface area (TPSA) is 67.1 Å². The Balaban J connectivity index is 2.13. The minimum absolute atomic E-state index is 0.0510. The van der Waals surface area contributed by atoms with Crippen LogP contribution in [0.5, 0.6) is 5.75 Å². The number of nitrogens with one attached hydrogen (secondary N) is 1. The van der Waals surface area contributed by atoms with Crippen LogP contribution in [0.1, 0.15) is 6.42 Å². The number of aromatic hydroxyl groups is 1. The van der Waals surface area contributed by atoms with E-state index in [1.54, 1.807) is 12.1 Å². The summed E-state index contributed by atoms with van der Waals surface area (Å²) >= 11 is 6.09. The third-order valence-electron chi connectivity index (χ3n) is 3.52. The molecule has 3 rings (SSSR count). The zero-order valence-electron chi connectivity index (χ0n) is 10.3. The number of fused-ring (bicyclic) bond motifs is 1. The molecule has 1 aromatic carbocycles. The van der Waals surface area contributed by atoms with Gasteiger partial charge in [-0.25, -0.2) is 4.98 Å². The Kier molecular flexibility index (Phi) is 3.16. The van der Waals surface area contributed by atoms with Gasteiger partial charge in [0.15, 0.2) is 0 Å². The third-order valence-corrected chi connectivity index (χ3v) is 3.81. The lowest BCUT2D eigenvalue weighted by Crippen LogP contribution is -2.26. The summed E-state index contributed by atoms with van der Waals surface area (Å²) in [6.45, 7) is 2.37. The monoisotopic (exact) mass is 279 g/mol. The van der Waals surface area contributed by atoms with Crippen molar-refractivity contribution in [2.45, 2.75) is 13.0 Å².